The average molecular weight is 231 g/mol. The second-order valence-corrected chi connectivity index (χ2v) is 3.71. The van der Waals surface area contributed by atoms with Gasteiger partial charge in [0.25, 0.3) is 5.91 Å². The molecule has 1 aliphatic heterocycles. The summed E-state index contributed by atoms with van der Waals surface area (Å²) in [5.74, 6) is -0.597. The van der Waals surface area contributed by atoms with E-state index in [9.17, 15) is 4.79 Å². The fourth-order valence-electron chi connectivity index (χ4n) is 1.62. The van der Waals surface area contributed by atoms with Crippen LogP contribution in [-0.4, -0.2) is 29.6 Å². The minimum Gasteiger partial charge on any atom is -0.370 e. The number of nitrogens with zero attached hydrogens (tertiary/aromatic N) is 3. The lowest BCUT2D eigenvalue weighted by atomic mass is 10.1. The van der Waals surface area contributed by atoms with E-state index in [1.165, 1.54) is 0 Å². The molecule has 0 unspecified atom stereocenters. The molecule has 0 fully saturated rings. The summed E-state index contributed by atoms with van der Waals surface area (Å²) in [6, 6.07) is 7.77. The zero-order valence-electron chi connectivity index (χ0n) is 9.21. The van der Waals surface area contributed by atoms with Crippen molar-refractivity contribution in [3.8, 4) is 0 Å². The molecule has 2 rings (SSSR count). The highest BCUT2D eigenvalue weighted by Gasteiger charge is 2.13. The Bertz CT molecular complexity index is 490. The average Bonchev–Trinajstić information content (AvgIpc) is 2.27. The summed E-state index contributed by atoms with van der Waals surface area (Å²) >= 11 is 0. The Labute approximate surface area is 98.6 Å². The van der Waals surface area contributed by atoms with Gasteiger partial charge < -0.3 is 16.4 Å². The normalized spacial score (nSPS) is 13.1. The first-order chi connectivity index (χ1) is 8.15. The summed E-state index contributed by atoms with van der Waals surface area (Å²) < 4.78 is 0. The number of carbonyl (C=O) groups is 1. The van der Waals surface area contributed by atoms with E-state index >= 15 is 0 Å². The summed E-state index contributed by atoms with van der Waals surface area (Å²) in [5, 5.41) is 0. The molecular formula is C11H13N5O. The quantitative estimate of drug-likeness (QED) is 0.551. The maximum atomic E-state index is 11.4. The molecule has 1 heterocycles. The van der Waals surface area contributed by atoms with Crippen LogP contribution in [0.1, 0.15) is 5.56 Å². The maximum absolute atomic E-state index is 11.4. The van der Waals surface area contributed by atoms with Crippen LogP contribution in [0.25, 0.3) is 0 Å². The molecule has 6 heteroatoms. The Balaban J connectivity index is 2.04. The van der Waals surface area contributed by atoms with Crippen molar-refractivity contribution < 1.29 is 4.79 Å². The van der Waals surface area contributed by atoms with Crippen LogP contribution >= 0.6 is 0 Å². The molecule has 0 spiro atoms. The molecule has 88 valence electrons. The predicted molar refractivity (Wildman–Crippen MR) is 65.8 cm³/mol. The van der Waals surface area contributed by atoms with E-state index < -0.39 is 0 Å². The van der Waals surface area contributed by atoms with Gasteiger partial charge in [-0.2, -0.15) is 4.99 Å². The third-order valence-electron chi connectivity index (χ3n) is 2.32. The number of aliphatic imine (C=N–C) groups is 2. The highest BCUT2D eigenvalue weighted by molar-refractivity contribution is 5.93. The van der Waals surface area contributed by atoms with E-state index in [0.717, 1.165) is 11.3 Å². The van der Waals surface area contributed by atoms with Gasteiger partial charge in [-0.25, -0.2) is 4.99 Å². The molecule has 0 aliphatic carbocycles. The highest BCUT2D eigenvalue weighted by Crippen LogP contribution is 2.22. The molecule has 1 aromatic carbocycles. The third-order valence-corrected chi connectivity index (χ3v) is 2.32. The lowest BCUT2D eigenvalue weighted by molar-refractivity contribution is -0.118. The molecule has 1 aromatic rings. The maximum Gasteiger partial charge on any atom is 0.268 e. The fraction of sp³-hybridized carbons (Fsp3) is 0.182. The van der Waals surface area contributed by atoms with Gasteiger partial charge in [0, 0.05) is 6.54 Å². The number of carbonyl (C=O) groups excluding carboxylic acids is 1. The number of benzene rings is 1. The molecule has 6 nitrogen and oxygen atoms in total. The summed E-state index contributed by atoms with van der Waals surface area (Å²) in [7, 11) is 0. The molecule has 1 aliphatic rings. The first kappa shape index (κ1) is 11.1. The molecule has 0 saturated carbocycles. The standard InChI is InChI=1S/C11H13N5O/c12-11(13)15-10(17)6-16-5-8-3-1-2-4-9(8)14-7-16/h1-4,7H,5-6H2,(H4,12,13,15,17). The van der Waals surface area contributed by atoms with Crippen LogP contribution in [0.4, 0.5) is 5.69 Å². The number of nitrogens with two attached hydrogens (primary N) is 2. The SMILES string of the molecule is NC(N)=NC(=O)CN1C=Nc2ccccc2C1. The number of guanidine groups is 1. The van der Waals surface area contributed by atoms with Gasteiger partial charge >= 0.3 is 0 Å². The monoisotopic (exact) mass is 231 g/mol. The predicted octanol–water partition coefficient (Wildman–Crippen LogP) is -0.0380. The van der Waals surface area contributed by atoms with Crippen molar-refractivity contribution in [2.24, 2.45) is 21.5 Å². The van der Waals surface area contributed by atoms with E-state index in [0.29, 0.717) is 6.54 Å². The van der Waals surface area contributed by atoms with Crippen molar-refractivity contribution in [2.75, 3.05) is 6.54 Å². The van der Waals surface area contributed by atoms with E-state index in [1.54, 1.807) is 11.2 Å². The number of rotatable bonds is 2. The van der Waals surface area contributed by atoms with Crippen LogP contribution in [0, 0.1) is 0 Å². The van der Waals surface area contributed by atoms with Gasteiger partial charge in [-0.15, -0.1) is 0 Å². The minimum atomic E-state index is -0.379. The molecule has 1 amide bonds. The van der Waals surface area contributed by atoms with Crippen molar-refractivity contribution >= 4 is 23.9 Å². The van der Waals surface area contributed by atoms with Crippen LogP contribution in [0.2, 0.25) is 0 Å². The molecule has 4 N–H and O–H groups in total. The van der Waals surface area contributed by atoms with Gasteiger partial charge in [0.05, 0.1) is 12.0 Å². The number of fused-ring (bicyclic) bond motifs is 1. The van der Waals surface area contributed by atoms with Crippen LogP contribution < -0.4 is 11.5 Å². The molecule has 17 heavy (non-hydrogen) atoms. The summed E-state index contributed by atoms with van der Waals surface area (Å²) in [4.78, 5) is 20.8. The molecule has 0 radical (unpaired) electrons. The topological polar surface area (TPSA) is 97.1 Å². The molecule has 0 aromatic heterocycles. The van der Waals surface area contributed by atoms with E-state index in [2.05, 4.69) is 9.98 Å². The largest absolute Gasteiger partial charge is 0.370 e. The van der Waals surface area contributed by atoms with Gasteiger partial charge in [0.15, 0.2) is 5.96 Å². The second kappa shape index (κ2) is 4.65. The van der Waals surface area contributed by atoms with Gasteiger partial charge in [-0.3, -0.25) is 4.79 Å². The number of hydrogen-bond donors (Lipinski definition) is 2. The minimum absolute atomic E-state index is 0.121. The third kappa shape index (κ3) is 2.81. The van der Waals surface area contributed by atoms with Crippen molar-refractivity contribution in [3.05, 3.63) is 29.8 Å². The fourth-order valence-corrected chi connectivity index (χ4v) is 1.62. The van der Waals surface area contributed by atoms with Crippen LogP contribution in [0.3, 0.4) is 0 Å². The number of hydrogen-bond acceptors (Lipinski definition) is 3. The summed E-state index contributed by atoms with van der Waals surface area (Å²) in [6.45, 7) is 0.751. The van der Waals surface area contributed by atoms with Crippen molar-refractivity contribution in [3.63, 3.8) is 0 Å². The van der Waals surface area contributed by atoms with E-state index in [1.807, 2.05) is 24.3 Å². The molecule has 0 saturated heterocycles. The van der Waals surface area contributed by atoms with Gasteiger partial charge in [-0.1, -0.05) is 18.2 Å². The molecular weight excluding hydrogens is 218 g/mol. The summed E-state index contributed by atoms with van der Waals surface area (Å²) in [5.41, 5.74) is 12.3. The Morgan fingerprint density at radius 2 is 2.18 bits per heavy atom. The summed E-state index contributed by atoms with van der Waals surface area (Å²) in [6.07, 6.45) is 1.63. The van der Waals surface area contributed by atoms with E-state index in [4.69, 9.17) is 11.5 Å². The highest BCUT2D eigenvalue weighted by atomic mass is 16.1. The number of para-hydroxylation sites is 1. The lowest BCUT2D eigenvalue weighted by Gasteiger charge is -2.22. The first-order valence-electron chi connectivity index (χ1n) is 5.14. The van der Waals surface area contributed by atoms with Gasteiger partial charge in [-0.05, 0) is 11.6 Å². The Morgan fingerprint density at radius 3 is 2.94 bits per heavy atom. The zero-order chi connectivity index (χ0) is 12.3. The smallest absolute Gasteiger partial charge is 0.268 e. The van der Waals surface area contributed by atoms with Crippen molar-refractivity contribution in [1.29, 1.82) is 0 Å². The lowest BCUT2D eigenvalue weighted by Crippen LogP contribution is -2.31. The van der Waals surface area contributed by atoms with Gasteiger partial charge in [0.1, 0.15) is 6.54 Å². The van der Waals surface area contributed by atoms with Crippen molar-refractivity contribution in [1.82, 2.24) is 4.90 Å². The van der Waals surface area contributed by atoms with E-state index in [-0.39, 0.29) is 18.4 Å². The first-order valence-corrected chi connectivity index (χ1v) is 5.14. The Morgan fingerprint density at radius 1 is 1.41 bits per heavy atom. The molecule has 0 bridgehead atoms. The zero-order valence-corrected chi connectivity index (χ0v) is 9.21. The number of amides is 1. The Hall–Kier alpha value is -2.37. The van der Waals surface area contributed by atoms with Crippen LogP contribution in [-0.2, 0) is 11.3 Å². The second-order valence-electron chi connectivity index (χ2n) is 3.71. The van der Waals surface area contributed by atoms with Crippen molar-refractivity contribution in [2.45, 2.75) is 6.54 Å². The van der Waals surface area contributed by atoms with Crippen LogP contribution in [0.15, 0.2) is 34.3 Å². The van der Waals surface area contributed by atoms with Crippen LogP contribution in [0.5, 0.6) is 0 Å². The molecule has 0 atom stereocenters. The van der Waals surface area contributed by atoms with Gasteiger partial charge in [0.2, 0.25) is 0 Å². The Kier molecular flexibility index (Phi) is 3.04.